The van der Waals surface area contributed by atoms with E-state index in [9.17, 15) is 4.79 Å². The van der Waals surface area contributed by atoms with Gasteiger partial charge in [-0.1, -0.05) is 0 Å². The van der Waals surface area contributed by atoms with Gasteiger partial charge in [-0.15, -0.1) is 0 Å². The molecule has 0 aliphatic heterocycles. The monoisotopic (exact) mass is 341 g/mol. The SMILES string of the molecule is Cc1nn(C)c(C)c1CCC(=O)N(Cc1ccco1)Cc1ccco1. The second-order valence-electron chi connectivity index (χ2n) is 6.18. The molecule has 3 aromatic heterocycles. The molecule has 0 unspecified atom stereocenters. The van der Waals surface area contributed by atoms with E-state index in [1.54, 1.807) is 17.4 Å². The van der Waals surface area contributed by atoms with E-state index in [-0.39, 0.29) is 5.91 Å². The Hall–Kier alpha value is -2.76. The third-order valence-electron chi connectivity index (χ3n) is 4.45. The molecule has 3 heterocycles. The Morgan fingerprint density at radius 3 is 2.16 bits per heavy atom. The van der Waals surface area contributed by atoms with Gasteiger partial charge >= 0.3 is 0 Å². The molecule has 0 aliphatic rings. The minimum Gasteiger partial charge on any atom is -0.467 e. The minimum atomic E-state index is 0.0652. The molecule has 6 nitrogen and oxygen atoms in total. The molecular weight excluding hydrogens is 318 g/mol. The Bertz CT molecular complexity index is 780. The summed E-state index contributed by atoms with van der Waals surface area (Å²) in [5.41, 5.74) is 3.23. The number of aryl methyl sites for hydroxylation is 2. The van der Waals surface area contributed by atoms with Crippen LogP contribution in [0.5, 0.6) is 0 Å². The summed E-state index contributed by atoms with van der Waals surface area (Å²) in [6, 6.07) is 7.40. The van der Waals surface area contributed by atoms with Gasteiger partial charge in [0.25, 0.3) is 0 Å². The standard InChI is InChI=1S/C19H23N3O3/c1-14-18(15(2)21(3)20-14)8-9-19(23)22(12-16-6-4-10-24-16)13-17-7-5-11-25-17/h4-7,10-11H,8-9,12-13H2,1-3H3. The summed E-state index contributed by atoms with van der Waals surface area (Å²) in [7, 11) is 1.92. The molecule has 0 atom stereocenters. The van der Waals surface area contributed by atoms with Crippen LogP contribution < -0.4 is 0 Å². The van der Waals surface area contributed by atoms with Gasteiger partial charge in [-0.25, -0.2) is 0 Å². The third-order valence-corrected chi connectivity index (χ3v) is 4.45. The Kier molecular flexibility index (Phi) is 5.07. The first-order valence-corrected chi connectivity index (χ1v) is 8.36. The van der Waals surface area contributed by atoms with Crippen molar-refractivity contribution in [3.63, 3.8) is 0 Å². The lowest BCUT2D eigenvalue weighted by molar-refractivity contribution is -0.133. The summed E-state index contributed by atoms with van der Waals surface area (Å²) >= 11 is 0. The minimum absolute atomic E-state index is 0.0652. The number of hydrogen-bond acceptors (Lipinski definition) is 4. The number of carbonyl (C=O) groups is 1. The second kappa shape index (κ2) is 7.42. The van der Waals surface area contributed by atoms with E-state index in [0.29, 0.717) is 25.9 Å². The van der Waals surface area contributed by atoms with Crippen molar-refractivity contribution in [2.45, 2.75) is 39.8 Å². The van der Waals surface area contributed by atoms with E-state index in [1.165, 1.54) is 0 Å². The van der Waals surface area contributed by atoms with Gasteiger partial charge in [0.2, 0.25) is 5.91 Å². The zero-order valence-electron chi connectivity index (χ0n) is 14.9. The molecule has 0 saturated heterocycles. The fourth-order valence-electron chi connectivity index (χ4n) is 2.98. The van der Waals surface area contributed by atoms with E-state index in [1.807, 2.05) is 49.8 Å². The number of aromatic nitrogens is 2. The van der Waals surface area contributed by atoms with E-state index in [2.05, 4.69) is 5.10 Å². The molecular formula is C19H23N3O3. The number of nitrogens with zero attached hydrogens (tertiary/aromatic N) is 3. The zero-order valence-corrected chi connectivity index (χ0v) is 14.9. The Morgan fingerprint density at radius 1 is 1.12 bits per heavy atom. The highest BCUT2D eigenvalue weighted by Crippen LogP contribution is 2.17. The summed E-state index contributed by atoms with van der Waals surface area (Å²) in [5.74, 6) is 1.58. The maximum Gasteiger partial charge on any atom is 0.223 e. The van der Waals surface area contributed by atoms with Crippen LogP contribution in [0.15, 0.2) is 45.6 Å². The largest absolute Gasteiger partial charge is 0.467 e. The first-order chi connectivity index (χ1) is 12.0. The summed E-state index contributed by atoms with van der Waals surface area (Å²) in [5, 5.41) is 4.42. The number of carbonyl (C=O) groups excluding carboxylic acids is 1. The topological polar surface area (TPSA) is 64.4 Å². The van der Waals surface area contributed by atoms with Gasteiger partial charge in [-0.3, -0.25) is 9.48 Å². The van der Waals surface area contributed by atoms with Crippen molar-refractivity contribution in [3.05, 3.63) is 65.3 Å². The Labute approximate surface area is 147 Å². The normalized spacial score (nSPS) is 11.0. The van der Waals surface area contributed by atoms with Crippen LogP contribution in [0.2, 0.25) is 0 Å². The van der Waals surface area contributed by atoms with Crippen LogP contribution in [0.3, 0.4) is 0 Å². The van der Waals surface area contributed by atoms with Crippen LogP contribution in [0.4, 0.5) is 0 Å². The van der Waals surface area contributed by atoms with Crippen molar-refractivity contribution >= 4 is 5.91 Å². The van der Waals surface area contributed by atoms with Crippen LogP contribution in [-0.2, 0) is 31.4 Å². The number of amides is 1. The Balaban J connectivity index is 1.69. The van der Waals surface area contributed by atoms with Crippen molar-refractivity contribution in [1.82, 2.24) is 14.7 Å². The average molecular weight is 341 g/mol. The second-order valence-corrected chi connectivity index (χ2v) is 6.18. The van der Waals surface area contributed by atoms with Crippen LogP contribution >= 0.6 is 0 Å². The van der Waals surface area contributed by atoms with Crippen LogP contribution in [0.1, 0.15) is 34.9 Å². The van der Waals surface area contributed by atoms with Crippen LogP contribution in [-0.4, -0.2) is 20.6 Å². The first kappa shape index (κ1) is 17.1. The lowest BCUT2D eigenvalue weighted by Gasteiger charge is -2.20. The van der Waals surface area contributed by atoms with Crippen LogP contribution in [0, 0.1) is 13.8 Å². The molecule has 25 heavy (non-hydrogen) atoms. The smallest absolute Gasteiger partial charge is 0.223 e. The molecule has 0 radical (unpaired) electrons. The molecule has 3 rings (SSSR count). The van der Waals surface area contributed by atoms with Gasteiger partial charge in [0.1, 0.15) is 11.5 Å². The molecule has 0 bridgehead atoms. The molecule has 0 aliphatic carbocycles. The maximum absolute atomic E-state index is 12.8. The highest BCUT2D eigenvalue weighted by molar-refractivity contribution is 5.76. The number of hydrogen-bond donors (Lipinski definition) is 0. The fraction of sp³-hybridized carbons (Fsp3) is 0.368. The molecule has 6 heteroatoms. The molecule has 0 saturated carbocycles. The van der Waals surface area contributed by atoms with Gasteiger partial charge in [0.15, 0.2) is 0 Å². The predicted molar refractivity (Wildman–Crippen MR) is 92.7 cm³/mol. The van der Waals surface area contributed by atoms with Gasteiger partial charge in [0.05, 0.1) is 31.3 Å². The molecule has 0 fully saturated rings. The van der Waals surface area contributed by atoms with Crippen molar-refractivity contribution in [1.29, 1.82) is 0 Å². The van der Waals surface area contributed by atoms with Gasteiger partial charge in [0, 0.05) is 19.2 Å². The molecule has 1 amide bonds. The molecule has 0 spiro atoms. The Morgan fingerprint density at radius 2 is 1.72 bits per heavy atom. The molecule has 0 aromatic carbocycles. The van der Waals surface area contributed by atoms with Gasteiger partial charge in [-0.2, -0.15) is 5.10 Å². The van der Waals surface area contributed by atoms with E-state index < -0.39 is 0 Å². The first-order valence-electron chi connectivity index (χ1n) is 8.36. The number of furan rings is 2. The summed E-state index contributed by atoms with van der Waals surface area (Å²) in [6.07, 6.45) is 4.34. The number of rotatable bonds is 7. The molecule has 0 N–H and O–H groups in total. The lowest BCUT2D eigenvalue weighted by Crippen LogP contribution is -2.30. The van der Waals surface area contributed by atoms with Gasteiger partial charge in [-0.05, 0) is 50.1 Å². The maximum atomic E-state index is 12.8. The van der Waals surface area contributed by atoms with Crippen LogP contribution in [0.25, 0.3) is 0 Å². The van der Waals surface area contributed by atoms with Gasteiger partial charge < -0.3 is 13.7 Å². The fourth-order valence-corrected chi connectivity index (χ4v) is 2.98. The van der Waals surface area contributed by atoms with E-state index >= 15 is 0 Å². The van der Waals surface area contributed by atoms with Crippen molar-refractivity contribution in [2.75, 3.05) is 0 Å². The molecule has 132 valence electrons. The zero-order chi connectivity index (χ0) is 17.8. The third kappa shape index (κ3) is 4.02. The predicted octanol–water partition coefficient (Wildman–Crippen LogP) is 3.38. The molecule has 3 aromatic rings. The van der Waals surface area contributed by atoms with E-state index in [4.69, 9.17) is 8.83 Å². The van der Waals surface area contributed by atoms with Crippen molar-refractivity contribution in [2.24, 2.45) is 7.05 Å². The summed E-state index contributed by atoms with van der Waals surface area (Å²) in [4.78, 5) is 14.6. The summed E-state index contributed by atoms with van der Waals surface area (Å²) < 4.78 is 12.7. The summed E-state index contributed by atoms with van der Waals surface area (Å²) in [6.45, 7) is 4.87. The van der Waals surface area contributed by atoms with Crippen molar-refractivity contribution < 1.29 is 13.6 Å². The average Bonchev–Trinajstić information content (AvgIpc) is 3.31. The quantitative estimate of drug-likeness (QED) is 0.661. The highest BCUT2D eigenvalue weighted by atomic mass is 16.3. The van der Waals surface area contributed by atoms with E-state index in [0.717, 1.165) is 28.5 Å². The highest BCUT2D eigenvalue weighted by Gasteiger charge is 2.19. The van der Waals surface area contributed by atoms with Crippen molar-refractivity contribution in [3.8, 4) is 0 Å². The lowest BCUT2D eigenvalue weighted by atomic mass is 10.1.